The summed E-state index contributed by atoms with van der Waals surface area (Å²) in [7, 11) is 0. The van der Waals surface area contributed by atoms with Crippen molar-refractivity contribution in [2.75, 3.05) is 5.32 Å². The fourth-order valence-corrected chi connectivity index (χ4v) is 3.55. The number of pyridine rings is 1. The molecule has 0 radical (unpaired) electrons. The number of dihydropyridines is 1. The van der Waals surface area contributed by atoms with Gasteiger partial charge in [-0.05, 0) is 43.5 Å². The highest BCUT2D eigenvalue weighted by molar-refractivity contribution is 5.74. The normalized spacial score (nSPS) is 31.5. The fraction of sp³-hybridized carbons (Fsp3) is 0.526. The van der Waals surface area contributed by atoms with Crippen LogP contribution in [0.15, 0.2) is 35.3 Å². The first-order valence-corrected chi connectivity index (χ1v) is 9.05. The molecule has 3 rings (SSSR count). The molecule has 1 saturated carbocycles. The molecule has 4 atom stereocenters. The van der Waals surface area contributed by atoms with E-state index in [4.69, 9.17) is 5.73 Å². The van der Waals surface area contributed by atoms with E-state index in [1.54, 1.807) is 6.21 Å². The summed E-state index contributed by atoms with van der Waals surface area (Å²) in [6.07, 6.45) is 10.7. The summed E-state index contributed by atoms with van der Waals surface area (Å²) < 4.78 is 0. The van der Waals surface area contributed by atoms with Crippen molar-refractivity contribution in [3.63, 3.8) is 0 Å². The average molecular weight is 338 g/mol. The van der Waals surface area contributed by atoms with Gasteiger partial charge in [-0.3, -0.25) is 10.3 Å². The number of aromatic nitrogens is 1. The number of nitrogens with zero attached hydrogens (tertiary/aromatic N) is 3. The third-order valence-corrected chi connectivity index (χ3v) is 4.98. The maximum Gasteiger partial charge on any atom is 0.176 e. The molecule has 0 aromatic carbocycles. The summed E-state index contributed by atoms with van der Waals surface area (Å²) >= 11 is 0. The monoisotopic (exact) mass is 338 g/mol. The van der Waals surface area contributed by atoms with Crippen LogP contribution < -0.4 is 16.4 Å². The van der Waals surface area contributed by atoms with Crippen molar-refractivity contribution in [3.05, 3.63) is 36.0 Å². The van der Waals surface area contributed by atoms with Crippen LogP contribution >= 0.6 is 0 Å². The molecule has 1 aliphatic heterocycles. The number of allylic oxidation sites excluding steroid dienone is 1. The number of anilines is 1. The summed E-state index contributed by atoms with van der Waals surface area (Å²) in [6.45, 7) is 2.07. The Balaban J connectivity index is 1.90. The quantitative estimate of drug-likeness (QED) is 0.714. The minimum atomic E-state index is -0.803. The molecule has 6 nitrogen and oxygen atoms in total. The molecule has 2 heterocycles. The molecule has 1 fully saturated rings. The topological polar surface area (TPSA) is 99.1 Å². The summed E-state index contributed by atoms with van der Waals surface area (Å²) in [6, 6.07) is 7.85. The number of aliphatic imine (C=N–C) groups is 1. The second kappa shape index (κ2) is 7.77. The third kappa shape index (κ3) is 3.89. The number of nitrogens with two attached hydrogens (primary N) is 1. The maximum absolute atomic E-state index is 9.67. The number of rotatable bonds is 5. The zero-order valence-corrected chi connectivity index (χ0v) is 14.7. The zero-order chi connectivity index (χ0) is 17.7. The molecule has 4 N–H and O–H groups in total. The van der Waals surface area contributed by atoms with Gasteiger partial charge in [0.1, 0.15) is 11.5 Å². The van der Waals surface area contributed by atoms with Crippen molar-refractivity contribution in [1.82, 2.24) is 10.3 Å². The lowest BCUT2D eigenvalue weighted by Crippen LogP contribution is -2.65. The molecule has 6 heteroatoms. The van der Waals surface area contributed by atoms with Gasteiger partial charge in [0, 0.05) is 24.0 Å². The van der Waals surface area contributed by atoms with E-state index in [0.717, 1.165) is 43.6 Å². The van der Waals surface area contributed by atoms with Crippen LogP contribution in [0.1, 0.15) is 38.3 Å². The van der Waals surface area contributed by atoms with Crippen molar-refractivity contribution >= 4 is 12.0 Å². The molecule has 25 heavy (non-hydrogen) atoms. The van der Waals surface area contributed by atoms with E-state index >= 15 is 0 Å². The van der Waals surface area contributed by atoms with Crippen LogP contribution in [0, 0.1) is 11.3 Å². The van der Waals surface area contributed by atoms with Crippen molar-refractivity contribution in [2.45, 2.75) is 62.8 Å². The number of hydrogen-bond acceptors (Lipinski definition) is 6. The van der Waals surface area contributed by atoms with Crippen molar-refractivity contribution < 1.29 is 0 Å². The van der Waals surface area contributed by atoms with Crippen LogP contribution in [0.3, 0.4) is 0 Å². The van der Waals surface area contributed by atoms with E-state index in [9.17, 15) is 5.26 Å². The Morgan fingerprint density at radius 2 is 2.20 bits per heavy atom. The predicted molar refractivity (Wildman–Crippen MR) is 100 cm³/mol. The Bertz CT molecular complexity index is 691. The van der Waals surface area contributed by atoms with Gasteiger partial charge in [-0.25, -0.2) is 4.98 Å². The first-order chi connectivity index (χ1) is 12.2. The van der Waals surface area contributed by atoms with Gasteiger partial charge >= 0.3 is 0 Å². The number of nitriles is 1. The van der Waals surface area contributed by atoms with Crippen LogP contribution in [-0.2, 0) is 6.42 Å². The van der Waals surface area contributed by atoms with Gasteiger partial charge in [-0.2, -0.15) is 5.26 Å². The second-order valence-electron chi connectivity index (χ2n) is 6.75. The summed E-state index contributed by atoms with van der Waals surface area (Å²) in [4.78, 5) is 9.00. The summed E-state index contributed by atoms with van der Waals surface area (Å²) in [5.74, 6) is 0.734. The maximum atomic E-state index is 9.67. The third-order valence-electron chi connectivity index (χ3n) is 4.98. The Morgan fingerprint density at radius 3 is 2.96 bits per heavy atom. The molecule has 0 bridgehead atoms. The van der Waals surface area contributed by atoms with Crippen molar-refractivity contribution in [3.8, 4) is 6.07 Å². The van der Waals surface area contributed by atoms with Crippen LogP contribution in [0.2, 0.25) is 0 Å². The van der Waals surface area contributed by atoms with Gasteiger partial charge in [-0.1, -0.05) is 25.8 Å². The van der Waals surface area contributed by atoms with Gasteiger partial charge in [0.05, 0.1) is 6.07 Å². The molecule has 0 saturated heterocycles. The van der Waals surface area contributed by atoms with Crippen molar-refractivity contribution in [2.24, 2.45) is 10.7 Å². The molecule has 2 unspecified atom stereocenters. The molecule has 132 valence electrons. The van der Waals surface area contributed by atoms with E-state index in [1.807, 2.05) is 30.4 Å². The van der Waals surface area contributed by atoms with Crippen LogP contribution in [0.5, 0.6) is 0 Å². The predicted octanol–water partition coefficient (Wildman–Crippen LogP) is 2.14. The number of hydrogen-bond donors (Lipinski definition) is 3. The molecule has 0 amide bonds. The Morgan fingerprint density at radius 1 is 1.36 bits per heavy atom. The fourth-order valence-electron chi connectivity index (χ4n) is 3.55. The standard InChI is InChI=1S/C19H26N6/c1-2-14-7-5-10-18(23-14)25-19(11-6-12-22-17(19)13-20)24-16-9-4-3-8-15(16)21/h5-7,10-12,15-17,24H,2-4,8-9,21H2,1H3,(H,23,25)/t15-,16+,17?,19?/m0/s1. The molecule has 1 aliphatic carbocycles. The molecule has 2 aliphatic rings. The first-order valence-electron chi connectivity index (χ1n) is 9.05. The Kier molecular flexibility index (Phi) is 5.47. The minimum absolute atomic E-state index is 0.0843. The summed E-state index contributed by atoms with van der Waals surface area (Å²) in [5.41, 5.74) is 6.53. The molecule has 0 spiro atoms. The van der Waals surface area contributed by atoms with Crippen LogP contribution in [0.25, 0.3) is 0 Å². The van der Waals surface area contributed by atoms with E-state index in [1.165, 1.54) is 0 Å². The number of aryl methyl sites for hydroxylation is 1. The lowest BCUT2D eigenvalue weighted by molar-refractivity contribution is 0.267. The van der Waals surface area contributed by atoms with E-state index in [0.29, 0.717) is 0 Å². The van der Waals surface area contributed by atoms with Gasteiger partial charge < -0.3 is 11.1 Å². The van der Waals surface area contributed by atoms with Gasteiger partial charge in [0.15, 0.2) is 6.04 Å². The highest BCUT2D eigenvalue weighted by Gasteiger charge is 2.41. The average Bonchev–Trinajstić information content (AvgIpc) is 2.64. The Labute approximate surface area is 149 Å². The zero-order valence-electron chi connectivity index (χ0n) is 14.7. The van der Waals surface area contributed by atoms with E-state index in [-0.39, 0.29) is 12.1 Å². The minimum Gasteiger partial charge on any atom is -0.346 e. The Hall–Kier alpha value is -2.23. The lowest BCUT2D eigenvalue weighted by Gasteiger charge is -2.42. The van der Waals surface area contributed by atoms with Crippen molar-refractivity contribution in [1.29, 1.82) is 5.26 Å². The van der Waals surface area contributed by atoms with Crippen LogP contribution in [0.4, 0.5) is 5.82 Å². The highest BCUT2D eigenvalue weighted by Crippen LogP contribution is 2.26. The van der Waals surface area contributed by atoms with Gasteiger partial charge in [0.25, 0.3) is 0 Å². The lowest BCUT2D eigenvalue weighted by atomic mass is 9.88. The first kappa shape index (κ1) is 17.6. The van der Waals surface area contributed by atoms with Crippen LogP contribution in [-0.4, -0.2) is 35.0 Å². The molecular weight excluding hydrogens is 312 g/mol. The van der Waals surface area contributed by atoms with Gasteiger partial charge in [-0.15, -0.1) is 0 Å². The SMILES string of the molecule is CCc1cccc(NC2(N[C@@H]3CCCC[C@@H]3N)C=CC=NC2C#N)n1. The molecule has 1 aromatic heterocycles. The van der Waals surface area contributed by atoms with Gasteiger partial charge in [0.2, 0.25) is 0 Å². The summed E-state index contributed by atoms with van der Waals surface area (Å²) in [5, 5.41) is 16.7. The van der Waals surface area contributed by atoms with E-state index in [2.05, 4.69) is 33.6 Å². The van der Waals surface area contributed by atoms with E-state index < -0.39 is 11.7 Å². The molecular formula is C19H26N6. The highest BCUT2D eigenvalue weighted by atomic mass is 15.3. The second-order valence-corrected chi connectivity index (χ2v) is 6.75. The molecule has 1 aromatic rings. The smallest absolute Gasteiger partial charge is 0.176 e. The largest absolute Gasteiger partial charge is 0.346 e. The number of nitrogens with one attached hydrogen (secondary N) is 2.